The molecule has 0 amide bonds. The van der Waals surface area contributed by atoms with Crippen molar-refractivity contribution in [1.82, 2.24) is 0 Å². The predicted octanol–water partition coefficient (Wildman–Crippen LogP) is 3.84. The van der Waals surface area contributed by atoms with Crippen LogP contribution in [0.4, 0.5) is 0 Å². The molecule has 0 aliphatic heterocycles. The van der Waals surface area contributed by atoms with Crippen LogP contribution in [0.25, 0.3) is 0 Å². The minimum absolute atomic E-state index is 0.000902. The van der Waals surface area contributed by atoms with Gasteiger partial charge in [0.1, 0.15) is 6.10 Å². The van der Waals surface area contributed by atoms with Gasteiger partial charge in [-0.2, -0.15) is 0 Å². The molecule has 0 fully saturated rings. The topological polar surface area (TPSA) is 60.4 Å². The van der Waals surface area contributed by atoms with E-state index in [1.807, 2.05) is 0 Å². The Bertz CT molecular complexity index is 690. The average Bonchev–Trinajstić information content (AvgIpc) is 2.69. The molecule has 1 aromatic carbocycles. The highest BCUT2D eigenvalue weighted by atomic mass is 35.7. The van der Waals surface area contributed by atoms with Gasteiger partial charge in [-0.05, 0) is 56.9 Å². The maximum Gasteiger partial charge on any atom is 0.311 e. The molecule has 0 unspecified atom stereocenters. The van der Waals surface area contributed by atoms with Crippen LogP contribution in [-0.2, 0) is 25.0 Å². The summed E-state index contributed by atoms with van der Waals surface area (Å²) in [4.78, 5) is 12.0. The van der Waals surface area contributed by atoms with Crippen molar-refractivity contribution in [1.29, 1.82) is 0 Å². The molecule has 0 N–H and O–H groups in total. The molecule has 0 saturated heterocycles. The van der Waals surface area contributed by atoms with Crippen molar-refractivity contribution in [2.24, 2.45) is 5.41 Å². The Morgan fingerprint density at radius 1 is 1.33 bits per heavy atom. The smallest absolute Gasteiger partial charge is 0.311 e. The summed E-state index contributed by atoms with van der Waals surface area (Å²) in [6.07, 6.45) is 0.523. The number of halogens is 2. The van der Waals surface area contributed by atoms with Gasteiger partial charge in [-0.15, -0.1) is 0 Å². The molecular formula is C14H16Cl2O4S. The van der Waals surface area contributed by atoms with Gasteiger partial charge in [0.2, 0.25) is 0 Å². The van der Waals surface area contributed by atoms with Crippen LogP contribution in [0.3, 0.4) is 0 Å². The van der Waals surface area contributed by atoms with Crippen molar-refractivity contribution in [3.05, 3.63) is 28.3 Å². The number of carbonyl (C=O) groups is 1. The Morgan fingerprint density at radius 3 is 2.48 bits per heavy atom. The maximum absolute atomic E-state index is 12.0. The molecule has 0 aromatic heterocycles. The average molecular weight is 351 g/mol. The third-order valence-electron chi connectivity index (χ3n) is 3.34. The number of hydrogen-bond acceptors (Lipinski definition) is 4. The molecule has 1 aliphatic carbocycles. The van der Waals surface area contributed by atoms with Crippen LogP contribution in [0.15, 0.2) is 17.0 Å². The summed E-state index contributed by atoms with van der Waals surface area (Å²) in [6, 6.07) is 2.97. The van der Waals surface area contributed by atoms with Gasteiger partial charge in [0.15, 0.2) is 0 Å². The molecule has 0 saturated carbocycles. The van der Waals surface area contributed by atoms with Gasteiger partial charge < -0.3 is 4.74 Å². The molecule has 4 nitrogen and oxygen atoms in total. The predicted molar refractivity (Wildman–Crippen MR) is 81.1 cm³/mol. The Labute approximate surface area is 133 Å². The summed E-state index contributed by atoms with van der Waals surface area (Å²) < 4.78 is 28.8. The molecular weight excluding hydrogens is 335 g/mol. The van der Waals surface area contributed by atoms with Crippen molar-refractivity contribution in [3.63, 3.8) is 0 Å². The van der Waals surface area contributed by atoms with E-state index >= 15 is 0 Å². The second kappa shape index (κ2) is 5.45. The summed E-state index contributed by atoms with van der Waals surface area (Å²) >= 11 is 5.96. The second-order valence-electron chi connectivity index (χ2n) is 6.09. The standard InChI is InChI=1S/C14H16Cl2O4S/c1-14(2,3)13(17)20-11-5-4-9-10(11)6-8(15)7-12(9)21(16,18)19/h6-7,11H,4-5H2,1-3H3/t11-/m1/s1. The molecule has 0 heterocycles. The zero-order chi connectivity index (χ0) is 16.0. The number of rotatable bonds is 2. The second-order valence-corrected chi connectivity index (χ2v) is 9.06. The number of benzene rings is 1. The van der Waals surface area contributed by atoms with E-state index in [1.54, 1.807) is 26.8 Å². The van der Waals surface area contributed by atoms with Gasteiger partial charge >= 0.3 is 5.97 Å². The van der Waals surface area contributed by atoms with Crippen LogP contribution < -0.4 is 0 Å². The van der Waals surface area contributed by atoms with E-state index in [4.69, 9.17) is 27.0 Å². The first kappa shape index (κ1) is 16.6. The van der Waals surface area contributed by atoms with E-state index < -0.39 is 20.6 Å². The first-order chi connectivity index (χ1) is 9.50. The normalized spacial score (nSPS) is 18.4. The van der Waals surface area contributed by atoms with E-state index in [2.05, 4.69) is 0 Å². The Balaban J connectivity index is 2.42. The number of hydrogen-bond donors (Lipinski definition) is 0. The highest BCUT2D eigenvalue weighted by Crippen LogP contribution is 2.41. The monoisotopic (exact) mass is 350 g/mol. The van der Waals surface area contributed by atoms with Crippen molar-refractivity contribution >= 4 is 37.3 Å². The summed E-state index contributed by atoms with van der Waals surface area (Å²) in [5.74, 6) is -0.337. The molecule has 7 heteroatoms. The highest BCUT2D eigenvalue weighted by Gasteiger charge is 2.34. The molecule has 0 spiro atoms. The quantitative estimate of drug-likeness (QED) is 0.600. The fourth-order valence-corrected chi connectivity index (χ4v) is 3.75. The Morgan fingerprint density at radius 2 is 1.95 bits per heavy atom. The van der Waals surface area contributed by atoms with Crippen LogP contribution in [0.2, 0.25) is 5.02 Å². The summed E-state index contributed by atoms with van der Waals surface area (Å²) in [7, 11) is 1.56. The lowest BCUT2D eigenvalue weighted by molar-refractivity contribution is -0.158. The minimum atomic E-state index is -3.88. The van der Waals surface area contributed by atoms with E-state index in [0.717, 1.165) is 0 Å². The van der Waals surface area contributed by atoms with Crippen LogP contribution in [0.5, 0.6) is 0 Å². The molecule has 21 heavy (non-hydrogen) atoms. The van der Waals surface area contributed by atoms with Gasteiger partial charge in [0, 0.05) is 15.7 Å². The molecule has 1 aromatic rings. The summed E-state index contributed by atoms with van der Waals surface area (Å²) in [6.45, 7) is 5.29. The number of fused-ring (bicyclic) bond motifs is 1. The third-order valence-corrected chi connectivity index (χ3v) is 4.94. The SMILES string of the molecule is CC(C)(C)C(=O)O[C@@H]1CCc2c1cc(Cl)cc2S(=O)(=O)Cl. The minimum Gasteiger partial charge on any atom is -0.457 e. The van der Waals surface area contributed by atoms with Crippen LogP contribution in [0, 0.1) is 5.41 Å². The lowest BCUT2D eigenvalue weighted by atomic mass is 9.97. The fourth-order valence-electron chi connectivity index (χ4n) is 2.26. The zero-order valence-electron chi connectivity index (χ0n) is 11.9. The summed E-state index contributed by atoms with van der Waals surface area (Å²) in [5, 5.41) is 0.256. The Kier molecular flexibility index (Phi) is 4.30. The van der Waals surface area contributed by atoms with Gasteiger partial charge in [-0.1, -0.05) is 11.6 Å². The number of ether oxygens (including phenoxy) is 1. The van der Waals surface area contributed by atoms with Crippen molar-refractivity contribution in [3.8, 4) is 0 Å². The molecule has 2 rings (SSSR count). The largest absolute Gasteiger partial charge is 0.457 e. The molecule has 1 aliphatic rings. The van der Waals surface area contributed by atoms with E-state index in [9.17, 15) is 13.2 Å². The first-order valence-electron chi connectivity index (χ1n) is 6.48. The van der Waals surface area contributed by atoms with E-state index in [-0.39, 0.29) is 15.9 Å². The van der Waals surface area contributed by atoms with Gasteiger partial charge in [-0.3, -0.25) is 4.79 Å². The number of carbonyl (C=O) groups excluding carboxylic acids is 1. The molecule has 116 valence electrons. The van der Waals surface area contributed by atoms with Crippen LogP contribution >= 0.6 is 22.3 Å². The fraction of sp³-hybridized carbons (Fsp3) is 0.500. The lowest BCUT2D eigenvalue weighted by Gasteiger charge is -2.21. The molecule has 0 radical (unpaired) electrons. The van der Waals surface area contributed by atoms with Crippen molar-refractivity contribution < 1.29 is 17.9 Å². The lowest BCUT2D eigenvalue weighted by Crippen LogP contribution is -2.24. The van der Waals surface area contributed by atoms with E-state index in [1.165, 1.54) is 6.07 Å². The zero-order valence-corrected chi connectivity index (χ0v) is 14.3. The highest BCUT2D eigenvalue weighted by molar-refractivity contribution is 8.13. The van der Waals surface area contributed by atoms with Gasteiger partial charge in [0.25, 0.3) is 9.05 Å². The molecule has 1 atom stereocenters. The number of esters is 1. The first-order valence-corrected chi connectivity index (χ1v) is 9.17. The maximum atomic E-state index is 12.0. The van der Waals surface area contributed by atoms with E-state index in [0.29, 0.717) is 24.0 Å². The van der Waals surface area contributed by atoms with Crippen LogP contribution in [0.1, 0.15) is 44.4 Å². The van der Waals surface area contributed by atoms with Gasteiger partial charge in [0.05, 0.1) is 10.3 Å². The third kappa shape index (κ3) is 3.52. The molecule has 0 bridgehead atoms. The van der Waals surface area contributed by atoms with Crippen molar-refractivity contribution in [2.45, 2.75) is 44.6 Å². The van der Waals surface area contributed by atoms with Crippen LogP contribution in [-0.4, -0.2) is 14.4 Å². The Hall–Kier alpha value is -0.780. The van der Waals surface area contributed by atoms with Crippen molar-refractivity contribution in [2.75, 3.05) is 0 Å². The summed E-state index contributed by atoms with van der Waals surface area (Å²) in [5.41, 5.74) is 0.586. The van der Waals surface area contributed by atoms with Gasteiger partial charge in [-0.25, -0.2) is 8.42 Å².